The van der Waals surface area contributed by atoms with E-state index >= 15 is 0 Å². The normalized spacial score (nSPS) is 43.8. The van der Waals surface area contributed by atoms with Gasteiger partial charge in [-0.25, -0.2) is 0 Å². The predicted octanol–water partition coefficient (Wildman–Crippen LogP) is -1.06. The second-order valence-corrected chi connectivity index (χ2v) is 7.25. The topological polar surface area (TPSA) is 32.7 Å². The molecule has 21 heavy (non-hydrogen) atoms. The van der Waals surface area contributed by atoms with Crippen LogP contribution in [-0.4, -0.2) is 78.8 Å². The van der Waals surface area contributed by atoms with Gasteiger partial charge in [0.25, 0.3) is 0 Å². The van der Waals surface area contributed by atoms with Crippen molar-refractivity contribution in [2.24, 2.45) is 17.8 Å². The van der Waals surface area contributed by atoms with Crippen LogP contribution in [-0.2, 0) is 4.74 Å². The minimum atomic E-state index is -1.90. The third-order valence-corrected chi connectivity index (χ3v) is 5.40. The van der Waals surface area contributed by atoms with Crippen molar-refractivity contribution >= 4 is 39.2 Å². The van der Waals surface area contributed by atoms with Crippen molar-refractivity contribution in [3.8, 4) is 0 Å². The van der Waals surface area contributed by atoms with Crippen LogP contribution in [0, 0.1) is 17.8 Å². The molecule has 2 heterocycles. The lowest BCUT2D eigenvalue weighted by Crippen LogP contribution is -2.63. The first-order valence-electron chi connectivity index (χ1n) is 7.71. The van der Waals surface area contributed by atoms with E-state index in [1.807, 2.05) is 0 Å². The summed E-state index contributed by atoms with van der Waals surface area (Å²) < 4.78 is 5.08. The van der Waals surface area contributed by atoms with E-state index in [4.69, 9.17) is 44.0 Å². The largest absolute Gasteiger partial charge is 0.375 e. The highest BCUT2D eigenvalue weighted by Gasteiger charge is 2.49. The molecule has 0 bridgehead atoms. The number of fused-ring (bicyclic) bond motifs is 1. The zero-order valence-electron chi connectivity index (χ0n) is 12.4. The van der Waals surface area contributed by atoms with Crippen LogP contribution in [0.25, 0.3) is 0 Å². The maximum Gasteiger partial charge on any atom is 0.153 e. The van der Waals surface area contributed by atoms with Gasteiger partial charge in [0.2, 0.25) is 0 Å². The summed E-state index contributed by atoms with van der Waals surface area (Å²) in [6, 6.07) is 0. The molecule has 2 saturated heterocycles. The lowest BCUT2D eigenvalue weighted by atomic mass is 9.46. The van der Waals surface area contributed by atoms with Gasteiger partial charge >= 0.3 is 0 Å². The molecule has 0 amide bonds. The van der Waals surface area contributed by atoms with Crippen molar-refractivity contribution < 1.29 is 9.84 Å². The van der Waals surface area contributed by atoms with Crippen LogP contribution in [0.4, 0.5) is 0 Å². The van der Waals surface area contributed by atoms with Crippen molar-refractivity contribution in [3.05, 3.63) is 0 Å². The number of hydrogen-bond donors (Lipinski definition) is 1. The Kier molecular flexibility index (Phi) is 3.91. The Morgan fingerprint density at radius 2 is 1.62 bits per heavy atom. The van der Waals surface area contributed by atoms with Gasteiger partial charge < -0.3 is 14.7 Å². The van der Waals surface area contributed by atoms with Crippen molar-refractivity contribution in [3.63, 3.8) is 0 Å². The molecule has 0 spiro atoms. The molecule has 8 heteroatoms. The van der Waals surface area contributed by atoms with Crippen LogP contribution in [0.1, 0.15) is 32.1 Å². The van der Waals surface area contributed by atoms with E-state index < -0.39 is 16.4 Å². The maximum absolute atomic E-state index is 10.0. The first kappa shape index (κ1) is 16.1. The molecule has 102 valence electrons. The molecule has 1 aliphatic carbocycles. The number of ether oxygens (including phenoxy) is 1. The van der Waals surface area contributed by atoms with Gasteiger partial charge in [0.1, 0.15) is 5.69 Å². The fraction of sp³-hybridized carbons (Fsp3) is 1.00. The molecule has 10 radical (unpaired) electrons. The molecule has 3 rings (SSSR count). The molecule has 4 atom stereocenters. The highest BCUT2D eigenvalue weighted by Crippen LogP contribution is 2.44. The van der Waals surface area contributed by atoms with Crippen LogP contribution in [0.2, 0.25) is 0 Å². The minimum Gasteiger partial charge on any atom is -0.375 e. The molecule has 4 unspecified atom stereocenters. The number of nitrogens with zero attached hydrogens (tertiary/aromatic N) is 1. The third-order valence-electron chi connectivity index (χ3n) is 5.40. The molecule has 0 aromatic carbocycles. The summed E-state index contributed by atoms with van der Waals surface area (Å²) in [6.45, 7) is 1.78. The summed E-state index contributed by atoms with van der Waals surface area (Å²) in [5, 5.41) is 7.40. The molecule has 3 nitrogen and oxygen atoms in total. The van der Waals surface area contributed by atoms with Gasteiger partial charge in [-0.05, 0) is 48.8 Å². The summed E-state index contributed by atoms with van der Waals surface area (Å²) in [7, 11) is 30.1. The first-order valence-corrected chi connectivity index (χ1v) is 7.71. The average Bonchev–Trinajstić information content (AvgIpc) is 2.83. The van der Waals surface area contributed by atoms with E-state index in [2.05, 4.69) is 4.90 Å². The Hall–Kier alpha value is 0.205. The van der Waals surface area contributed by atoms with E-state index in [1.165, 1.54) is 19.3 Å². The zero-order chi connectivity index (χ0) is 15.5. The highest BCUT2D eigenvalue weighted by atomic mass is 16.6. The van der Waals surface area contributed by atoms with Gasteiger partial charge in [-0.1, -0.05) is 11.8 Å². The van der Waals surface area contributed by atoms with E-state index in [9.17, 15) is 5.11 Å². The average molecular weight is 274 g/mol. The maximum atomic E-state index is 10.0. The molecule has 0 aromatic heterocycles. The molecule has 3 aliphatic rings. The van der Waals surface area contributed by atoms with Gasteiger partial charge in [-0.3, -0.25) is 0 Å². The Balaban J connectivity index is 1.75. The number of rotatable bonds is 2. The first-order chi connectivity index (χ1) is 9.59. The van der Waals surface area contributed by atoms with Crippen molar-refractivity contribution in [2.45, 2.75) is 48.5 Å². The molecule has 0 aromatic rings. The van der Waals surface area contributed by atoms with Crippen LogP contribution in [0.3, 0.4) is 0 Å². The smallest absolute Gasteiger partial charge is 0.153 e. The quantitative estimate of drug-likeness (QED) is 0.652. The van der Waals surface area contributed by atoms with Crippen molar-refractivity contribution in [2.75, 3.05) is 13.1 Å². The van der Waals surface area contributed by atoms with E-state index in [0.29, 0.717) is 11.8 Å². The van der Waals surface area contributed by atoms with Gasteiger partial charge in [0.15, 0.2) is 7.85 Å². The second kappa shape index (κ2) is 5.11. The van der Waals surface area contributed by atoms with Gasteiger partial charge in [-0.2, -0.15) is 0 Å². The van der Waals surface area contributed by atoms with Crippen LogP contribution in [0.15, 0.2) is 0 Å². The summed E-state index contributed by atoms with van der Waals surface area (Å²) >= 11 is 0. The lowest BCUT2D eigenvalue weighted by molar-refractivity contribution is -0.207. The summed E-state index contributed by atoms with van der Waals surface area (Å²) in [5.41, 5.74) is -1.90. The van der Waals surface area contributed by atoms with E-state index in [-0.39, 0.29) is 18.8 Å². The summed E-state index contributed by atoms with van der Waals surface area (Å²) in [6.07, 6.45) is 4.14. The van der Waals surface area contributed by atoms with Gasteiger partial charge in [0.05, 0.1) is 31.4 Å². The number of aliphatic hydroxyl groups is 1. The Morgan fingerprint density at radius 3 is 2.14 bits per heavy atom. The molecule has 3 fully saturated rings. The van der Waals surface area contributed by atoms with Crippen LogP contribution >= 0.6 is 0 Å². The molecule has 1 N–H and O–H groups in total. The fourth-order valence-electron chi connectivity index (χ4n) is 4.36. The molecular formula is C13H18B5NO2. The van der Waals surface area contributed by atoms with Crippen molar-refractivity contribution in [1.29, 1.82) is 0 Å². The van der Waals surface area contributed by atoms with E-state index in [1.54, 1.807) is 0 Å². The van der Waals surface area contributed by atoms with Crippen LogP contribution < -0.4 is 0 Å². The Bertz CT molecular complexity index is 389. The standard InChI is InChI=1S/C13H18B5NO2/c14-11(15)4-10(5-12(16,20)21-11)13(17,18)19-6-8-2-1-3-9(8)7-19/h8-10,20H,1-7H2. The van der Waals surface area contributed by atoms with Crippen LogP contribution in [0.5, 0.6) is 0 Å². The SMILES string of the molecule is [B]C1([B])CC(C([B])([B])N2CC3CCCC3C2)CC([B])(O)O1. The summed E-state index contributed by atoms with van der Waals surface area (Å²) in [5.74, 6) is 1.01. The summed E-state index contributed by atoms with van der Waals surface area (Å²) in [4.78, 5) is 2.10. The minimum absolute atomic E-state index is 0.113. The lowest BCUT2D eigenvalue weighted by Gasteiger charge is -2.54. The Morgan fingerprint density at radius 1 is 1.05 bits per heavy atom. The van der Waals surface area contributed by atoms with Crippen molar-refractivity contribution in [1.82, 2.24) is 4.90 Å². The number of likely N-dealkylation sites (tertiary alicyclic amines) is 1. The number of hydrogen-bond acceptors (Lipinski definition) is 3. The fourth-order valence-corrected chi connectivity index (χ4v) is 4.36. The third kappa shape index (κ3) is 3.14. The molecule has 2 aliphatic heterocycles. The Labute approximate surface area is 134 Å². The molecule has 1 saturated carbocycles. The predicted molar refractivity (Wildman–Crippen MR) is 85.4 cm³/mol. The highest BCUT2D eigenvalue weighted by molar-refractivity contribution is 6.41. The van der Waals surface area contributed by atoms with Gasteiger partial charge in [0, 0.05) is 13.1 Å². The molecular weight excluding hydrogens is 256 g/mol. The monoisotopic (exact) mass is 275 g/mol. The zero-order valence-corrected chi connectivity index (χ0v) is 12.4. The second-order valence-electron chi connectivity index (χ2n) is 7.25. The van der Waals surface area contributed by atoms with E-state index in [0.717, 1.165) is 13.1 Å². The van der Waals surface area contributed by atoms with Gasteiger partial charge in [-0.15, -0.1) is 0 Å².